The van der Waals surface area contributed by atoms with E-state index in [1.54, 1.807) is 35.4 Å². The highest BCUT2D eigenvalue weighted by Gasteiger charge is 2.48. The third-order valence-corrected chi connectivity index (χ3v) is 16.9. The van der Waals surface area contributed by atoms with Gasteiger partial charge in [0.15, 0.2) is 32.9 Å². The zero-order valence-corrected chi connectivity index (χ0v) is 46.1. The normalized spacial score (nSPS) is 21.5. The number of hydrogen-bond donors (Lipinski definition) is 4. The van der Waals surface area contributed by atoms with E-state index in [-0.39, 0.29) is 65.5 Å². The molecule has 78 heavy (non-hydrogen) atoms. The van der Waals surface area contributed by atoms with Crippen molar-refractivity contribution in [3.8, 4) is 16.3 Å². The van der Waals surface area contributed by atoms with Gasteiger partial charge in [0.25, 0.3) is 17.3 Å². The SMILES string of the molecule is CCN1NC(C2CC(O)CN2C(=O)C(c2cc(OCCCCCNC(=O)C3=C(CS(C)(=O)=O)c4ccn(C)c(=O)c4C4=C5C3=CN(c3ncc(F)cc3F)C5CCN4)no2)C(C)C)=NC1(C)c1ccc(-c2scnc2C)cc1. The molecule has 5 aromatic rings. The van der Waals surface area contributed by atoms with Gasteiger partial charge in [-0.15, -0.1) is 11.3 Å². The predicted octanol–water partition coefficient (Wildman–Crippen LogP) is 5.95. The van der Waals surface area contributed by atoms with Crippen LogP contribution in [0.4, 0.5) is 14.6 Å². The van der Waals surface area contributed by atoms with Crippen LogP contribution in [0.3, 0.4) is 0 Å². The Morgan fingerprint density at radius 2 is 1.87 bits per heavy atom. The van der Waals surface area contributed by atoms with Crippen LogP contribution in [-0.4, -0.2) is 124 Å². The van der Waals surface area contributed by atoms with Crippen molar-refractivity contribution in [3.05, 3.63) is 133 Å². The van der Waals surface area contributed by atoms with Gasteiger partial charge in [0.1, 0.15) is 17.6 Å². The van der Waals surface area contributed by atoms with Crippen molar-refractivity contribution in [2.45, 2.75) is 96.5 Å². The number of hydrazine groups is 1. The third-order valence-electron chi connectivity index (χ3n) is 15.1. The molecule has 19 nitrogen and oxygen atoms in total. The second-order valence-electron chi connectivity index (χ2n) is 20.9. The molecule has 412 valence electrons. The van der Waals surface area contributed by atoms with Crippen LogP contribution in [0.2, 0.25) is 0 Å². The summed E-state index contributed by atoms with van der Waals surface area (Å²) in [5, 5.41) is 23.5. The Bertz CT molecular complexity index is 3480. The minimum absolute atomic E-state index is 0.0220. The molecule has 0 saturated carbocycles. The van der Waals surface area contributed by atoms with Gasteiger partial charge in [-0.25, -0.2) is 32.2 Å². The lowest BCUT2D eigenvalue weighted by molar-refractivity contribution is -0.134. The maximum atomic E-state index is 15.4. The van der Waals surface area contributed by atoms with Crippen LogP contribution in [0, 0.1) is 24.5 Å². The number of carbonyl (C=O) groups is 2. The number of aliphatic hydroxyl groups excluding tert-OH is 1. The van der Waals surface area contributed by atoms with Gasteiger partial charge in [-0.1, -0.05) is 45.0 Å². The number of β-amino-alcohol motifs (C(OH)–C–C–N with tert-alkyl or cyclic N) is 1. The van der Waals surface area contributed by atoms with Crippen molar-refractivity contribution in [2.75, 3.05) is 49.7 Å². The maximum absolute atomic E-state index is 15.4. The van der Waals surface area contributed by atoms with Crippen LogP contribution in [0.25, 0.3) is 21.7 Å². The van der Waals surface area contributed by atoms with Crippen molar-refractivity contribution in [1.29, 1.82) is 0 Å². The van der Waals surface area contributed by atoms with E-state index in [4.69, 9.17) is 14.3 Å². The summed E-state index contributed by atoms with van der Waals surface area (Å²) in [6.45, 7) is 11.4. The van der Waals surface area contributed by atoms with Gasteiger partial charge in [-0.2, -0.15) is 5.01 Å². The number of amides is 2. The second-order valence-corrected chi connectivity index (χ2v) is 23.9. The molecular formula is C55H63F2N11O8S2. The molecule has 1 fully saturated rings. The number of amidine groups is 1. The molecule has 5 aliphatic rings. The van der Waals surface area contributed by atoms with E-state index in [2.05, 4.69) is 55.4 Å². The van der Waals surface area contributed by atoms with Gasteiger partial charge < -0.3 is 44.8 Å². The summed E-state index contributed by atoms with van der Waals surface area (Å²) in [4.78, 5) is 61.2. The largest absolute Gasteiger partial charge is 0.476 e. The highest BCUT2D eigenvalue weighted by molar-refractivity contribution is 7.91. The number of pyridine rings is 2. The minimum atomic E-state index is -3.81. The molecule has 1 aromatic carbocycles. The summed E-state index contributed by atoms with van der Waals surface area (Å²) in [6, 6.07) is 11.1. The Balaban J connectivity index is 0.799. The van der Waals surface area contributed by atoms with Crippen molar-refractivity contribution >= 4 is 55.9 Å². The fraction of sp³-hybridized carbons (Fsp3) is 0.436. The highest BCUT2D eigenvalue weighted by Crippen LogP contribution is 2.48. The number of fused-ring (bicyclic) bond motifs is 2. The van der Waals surface area contributed by atoms with Crippen molar-refractivity contribution in [2.24, 2.45) is 18.0 Å². The monoisotopic (exact) mass is 1110 g/mol. The van der Waals surface area contributed by atoms with Crippen LogP contribution < -0.4 is 31.3 Å². The molecule has 2 amide bonds. The van der Waals surface area contributed by atoms with Crippen molar-refractivity contribution < 1.29 is 41.2 Å². The Hall–Kier alpha value is -7.08. The number of hydrogen-bond acceptors (Lipinski definition) is 17. The summed E-state index contributed by atoms with van der Waals surface area (Å²) >= 11 is 1.60. The highest BCUT2D eigenvalue weighted by atomic mass is 32.2. The number of aromatic nitrogens is 4. The fourth-order valence-electron chi connectivity index (χ4n) is 11.4. The third kappa shape index (κ3) is 10.3. The van der Waals surface area contributed by atoms with E-state index in [9.17, 15) is 32.3 Å². The molecule has 0 bridgehead atoms. The Morgan fingerprint density at radius 3 is 2.58 bits per heavy atom. The number of halogens is 2. The average Bonchev–Trinajstić information content (AvgIpc) is 4.45. The quantitative estimate of drug-likeness (QED) is 0.0744. The Morgan fingerprint density at radius 1 is 1.09 bits per heavy atom. The number of ether oxygens (including phenoxy) is 1. The van der Waals surface area contributed by atoms with Crippen LogP contribution in [-0.2, 0) is 32.1 Å². The molecule has 23 heteroatoms. The number of carbonyl (C=O) groups excluding carboxylic acids is 2. The van der Waals surface area contributed by atoms with Crippen LogP contribution in [0.15, 0.2) is 97.6 Å². The number of likely N-dealkylation sites (tertiary alicyclic amines) is 1. The van der Waals surface area contributed by atoms with Crippen molar-refractivity contribution in [3.63, 3.8) is 0 Å². The number of thiazole rings is 1. The van der Waals surface area contributed by atoms with E-state index in [1.807, 2.05) is 45.1 Å². The number of nitrogens with zero attached hydrogens (tertiary/aromatic N) is 8. The Kier molecular flexibility index (Phi) is 15.1. The smallest absolute Gasteiger partial charge is 0.260 e. The van der Waals surface area contributed by atoms with E-state index in [0.29, 0.717) is 73.6 Å². The topological polar surface area (TPSA) is 230 Å². The number of aryl methyl sites for hydroxylation is 2. The summed E-state index contributed by atoms with van der Waals surface area (Å²) in [6.07, 6.45) is 6.60. The van der Waals surface area contributed by atoms with E-state index in [1.165, 1.54) is 21.9 Å². The molecule has 4 aliphatic heterocycles. The number of benzene rings is 1. The lowest BCUT2D eigenvalue weighted by atomic mass is 9.89. The fourth-order valence-corrected chi connectivity index (χ4v) is 13.0. The Labute approximate surface area is 454 Å². The van der Waals surface area contributed by atoms with Gasteiger partial charge in [0, 0.05) is 81.6 Å². The number of unbranched alkanes of at least 4 members (excludes halogenated alkanes) is 2. The van der Waals surface area contributed by atoms with E-state index < -0.39 is 68.5 Å². The molecule has 0 spiro atoms. The summed E-state index contributed by atoms with van der Waals surface area (Å²) in [5.41, 5.74) is 8.96. The summed E-state index contributed by atoms with van der Waals surface area (Å²) in [5.74, 6) is -3.20. The van der Waals surface area contributed by atoms with E-state index in [0.717, 1.165) is 40.2 Å². The molecule has 4 N–H and O–H groups in total. The molecule has 10 rings (SSSR count). The molecule has 8 heterocycles. The van der Waals surface area contributed by atoms with Crippen molar-refractivity contribution in [1.82, 2.24) is 45.7 Å². The summed E-state index contributed by atoms with van der Waals surface area (Å²) < 4.78 is 69.0. The minimum Gasteiger partial charge on any atom is -0.476 e. The molecular weight excluding hydrogens is 1040 g/mol. The van der Waals surface area contributed by atoms with Crippen LogP contribution in [0.1, 0.15) is 93.9 Å². The number of nitrogens with one attached hydrogen (secondary N) is 3. The number of rotatable bonds is 18. The first-order valence-electron chi connectivity index (χ1n) is 26.2. The second kappa shape index (κ2) is 21.6. The summed E-state index contributed by atoms with van der Waals surface area (Å²) in [7, 11) is -2.23. The van der Waals surface area contributed by atoms with Gasteiger partial charge in [-0.05, 0) is 78.9 Å². The lowest BCUT2D eigenvalue weighted by Crippen LogP contribution is -2.51. The molecule has 4 aromatic heterocycles. The lowest BCUT2D eigenvalue weighted by Gasteiger charge is -2.32. The standard InChI is InChI=1S/C55H63F2N11O8S2/c1-8-68-55(5,33-14-12-32(13-15-33)49-31(4)61-29-77-49)62-50(63-68)41-23-35(69)26-67(41)54(72)44(30(2)3)42-24-43(64-76-42)75-21-11-9-10-18-59-52(70)45-37-27-66(51-39(57)22-34(56)25-60-51)40-16-19-58-48(46(37)40)47-36(17-20-65(6)53(47)71)38(45)28-78(7,73)74/h12-15,17,20,22,24-25,27,29-30,35,40-41,44,58,69H,8-11,16,18-19,21,23,26,28H2,1-7H3,(H,59,70)(H,62,63). The molecule has 1 saturated heterocycles. The van der Waals surface area contributed by atoms with Crippen LogP contribution in [0.5, 0.6) is 5.88 Å². The number of sulfone groups is 1. The zero-order chi connectivity index (χ0) is 55.4. The molecule has 1 aliphatic carbocycles. The van der Waals surface area contributed by atoms with Gasteiger partial charge >= 0.3 is 0 Å². The maximum Gasteiger partial charge on any atom is 0.260 e. The number of aliphatic hydroxyl groups is 1. The number of aliphatic imine (C=N–C) groups is 1. The van der Waals surface area contributed by atoms with E-state index >= 15 is 4.39 Å². The first-order chi connectivity index (χ1) is 37.3. The zero-order valence-electron chi connectivity index (χ0n) is 44.5. The molecule has 5 unspecified atom stereocenters. The first-order valence-corrected chi connectivity index (χ1v) is 29.1. The molecule has 5 atom stereocenters. The van der Waals surface area contributed by atoms with Gasteiger partial charge in [0.05, 0.1) is 69.7 Å². The van der Waals surface area contributed by atoms with Gasteiger partial charge in [-0.3, -0.25) is 14.4 Å². The molecule has 0 radical (unpaired) electrons. The first kappa shape index (κ1) is 54.3. The van der Waals surface area contributed by atoms with Gasteiger partial charge in [0.2, 0.25) is 5.91 Å². The van der Waals surface area contributed by atoms with Crippen LogP contribution >= 0.6 is 11.3 Å². The predicted molar refractivity (Wildman–Crippen MR) is 292 cm³/mol. The average molecular weight is 1110 g/mol. The number of anilines is 1.